The second kappa shape index (κ2) is 5.07. The lowest BCUT2D eigenvalue weighted by atomic mass is 9.94. The maximum atomic E-state index is 11.7. The van der Waals surface area contributed by atoms with Crippen molar-refractivity contribution in [2.24, 2.45) is 18.7 Å². The molecule has 4 heteroatoms. The summed E-state index contributed by atoms with van der Waals surface area (Å²) >= 11 is 0. The molecule has 0 fully saturated rings. The van der Waals surface area contributed by atoms with Crippen molar-refractivity contribution in [3.8, 4) is 0 Å². The molecule has 0 aliphatic heterocycles. The van der Waals surface area contributed by atoms with E-state index in [0.29, 0.717) is 6.42 Å². The van der Waals surface area contributed by atoms with E-state index < -0.39 is 0 Å². The van der Waals surface area contributed by atoms with Crippen LogP contribution in [0.3, 0.4) is 0 Å². The van der Waals surface area contributed by atoms with Crippen LogP contribution >= 0.6 is 0 Å². The molecule has 0 aliphatic carbocycles. The molecule has 2 N–H and O–H groups in total. The van der Waals surface area contributed by atoms with Crippen LogP contribution in [-0.2, 0) is 18.3 Å². The molecule has 0 radical (unpaired) electrons. The first-order valence-electron chi connectivity index (χ1n) is 5.31. The molecule has 0 saturated carbocycles. The number of Topliss-reactive ketones (excluding diaryl/α,β-unsaturated/α-hetero) is 1. The van der Waals surface area contributed by atoms with Crippen molar-refractivity contribution in [1.29, 1.82) is 0 Å². The SMILES string of the molecule is CCC(C)C(N)C(=O)Cc1ccn(C)n1. The van der Waals surface area contributed by atoms with Crippen molar-refractivity contribution in [2.75, 3.05) is 0 Å². The van der Waals surface area contributed by atoms with E-state index in [1.807, 2.05) is 33.2 Å². The van der Waals surface area contributed by atoms with Gasteiger partial charge in [-0.3, -0.25) is 9.48 Å². The minimum absolute atomic E-state index is 0.0723. The number of rotatable bonds is 5. The van der Waals surface area contributed by atoms with Crippen LogP contribution in [0.25, 0.3) is 0 Å². The summed E-state index contributed by atoms with van der Waals surface area (Å²) in [7, 11) is 1.84. The Kier molecular flexibility index (Phi) is 4.03. The second-order valence-electron chi connectivity index (χ2n) is 4.04. The molecule has 2 unspecified atom stereocenters. The summed E-state index contributed by atoms with van der Waals surface area (Å²) in [6.07, 6.45) is 3.10. The van der Waals surface area contributed by atoms with Crippen LogP contribution in [0.4, 0.5) is 0 Å². The topological polar surface area (TPSA) is 60.9 Å². The molecule has 2 atom stereocenters. The first-order valence-corrected chi connectivity index (χ1v) is 5.31. The number of carbonyl (C=O) groups is 1. The van der Waals surface area contributed by atoms with Crippen molar-refractivity contribution in [1.82, 2.24) is 9.78 Å². The molecule has 0 aromatic carbocycles. The quantitative estimate of drug-likeness (QED) is 0.784. The molecule has 1 aromatic rings. The number of aryl methyl sites for hydroxylation is 1. The first kappa shape index (κ1) is 11.9. The molecular weight excluding hydrogens is 190 g/mol. The van der Waals surface area contributed by atoms with Crippen LogP contribution in [0.15, 0.2) is 12.3 Å². The Labute approximate surface area is 90.5 Å². The van der Waals surface area contributed by atoms with Gasteiger partial charge in [0.1, 0.15) is 0 Å². The van der Waals surface area contributed by atoms with Gasteiger partial charge in [0, 0.05) is 13.2 Å². The Morgan fingerprint density at radius 2 is 2.33 bits per heavy atom. The van der Waals surface area contributed by atoms with Gasteiger partial charge in [-0.1, -0.05) is 20.3 Å². The van der Waals surface area contributed by atoms with Gasteiger partial charge in [0.25, 0.3) is 0 Å². The molecule has 1 rings (SSSR count). The molecule has 84 valence electrons. The van der Waals surface area contributed by atoms with Crippen molar-refractivity contribution in [3.63, 3.8) is 0 Å². The van der Waals surface area contributed by atoms with E-state index in [-0.39, 0.29) is 17.7 Å². The molecule has 15 heavy (non-hydrogen) atoms. The molecule has 4 nitrogen and oxygen atoms in total. The van der Waals surface area contributed by atoms with Crippen molar-refractivity contribution < 1.29 is 4.79 Å². The highest BCUT2D eigenvalue weighted by Crippen LogP contribution is 2.08. The second-order valence-corrected chi connectivity index (χ2v) is 4.04. The Morgan fingerprint density at radius 1 is 1.67 bits per heavy atom. The number of hydrogen-bond donors (Lipinski definition) is 1. The fourth-order valence-electron chi connectivity index (χ4n) is 1.43. The van der Waals surface area contributed by atoms with E-state index in [1.165, 1.54) is 0 Å². The molecular formula is C11H19N3O. The van der Waals surface area contributed by atoms with E-state index in [4.69, 9.17) is 5.73 Å². The molecule has 0 bridgehead atoms. The van der Waals surface area contributed by atoms with Gasteiger partial charge in [0.15, 0.2) is 5.78 Å². The third kappa shape index (κ3) is 3.16. The van der Waals surface area contributed by atoms with Crippen molar-refractivity contribution in [2.45, 2.75) is 32.7 Å². The monoisotopic (exact) mass is 209 g/mol. The van der Waals surface area contributed by atoms with Crippen molar-refractivity contribution in [3.05, 3.63) is 18.0 Å². The molecule has 0 amide bonds. The normalized spacial score (nSPS) is 14.9. The number of carbonyl (C=O) groups excluding carboxylic acids is 1. The maximum Gasteiger partial charge on any atom is 0.155 e. The number of hydrogen-bond acceptors (Lipinski definition) is 3. The zero-order valence-corrected chi connectivity index (χ0v) is 9.60. The number of nitrogens with zero attached hydrogens (tertiary/aromatic N) is 2. The molecule has 0 saturated heterocycles. The third-order valence-corrected chi connectivity index (χ3v) is 2.75. The Bertz CT molecular complexity index is 332. The summed E-state index contributed by atoms with van der Waals surface area (Å²) in [4.78, 5) is 11.7. The number of ketones is 1. The van der Waals surface area contributed by atoms with Crippen LogP contribution in [-0.4, -0.2) is 21.6 Å². The molecule has 0 aliphatic rings. The van der Waals surface area contributed by atoms with Gasteiger partial charge in [0.2, 0.25) is 0 Å². The predicted octanol–water partition coefficient (Wildman–Crippen LogP) is 0.905. The van der Waals surface area contributed by atoms with Crippen LogP contribution in [0.2, 0.25) is 0 Å². The lowest BCUT2D eigenvalue weighted by Crippen LogP contribution is -2.37. The zero-order valence-electron chi connectivity index (χ0n) is 9.60. The van der Waals surface area contributed by atoms with Gasteiger partial charge in [-0.05, 0) is 12.0 Å². The van der Waals surface area contributed by atoms with Gasteiger partial charge in [-0.25, -0.2) is 0 Å². The fraction of sp³-hybridized carbons (Fsp3) is 0.636. The number of nitrogens with two attached hydrogens (primary N) is 1. The highest BCUT2D eigenvalue weighted by molar-refractivity contribution is 5.85. The lowest BCUT2D eigenvalue weighted by Gasteiger charge is -2.16. The molecule has 1 aromatic heterocycles. The molecule has 0 spiro atoms. The third-order valence-electron chi connectivity index (χ3n) is 2.75. The Balaban J connectivity index is 2.55. The number of aromatic nitrogens is 2. The fourth-order valence-corrected chi connectivity index (χ4v) is 1.43. The summed E-state index contributed by atoms with van der Waals surface area (Å²) in [5.74, 6) is 0.310. The lowest BCUT2D eigenvalue weighted by molar-refractivity contribution is -0.120. The summed E-state index contributed by atoms with van der Waals surface area (Å²) in [6, 6.07) is 1.48. The van der Waals surface area contributed by atoms with Crippen LogP contribution in [0.1, 0.15) is 26.0 Å². The van der Waals surface area contributed by atoms with E-state index in [0.717, 1.165) is 12.1 Å². The smallest absolute Gasteiger partial charge is 0.155 e. The predicted molar refractivity (Wildman–Crippen MR) is 59.3 cm³/mol. The molecule has 1 heterocycles. The van der Waals surface area contributed by atoms with Crippen molar-refractivity contribution >= 4 is 5.78 Å². The largest absolute Gasteiger partial charge is 0.321 e. The summed E-state index contributed by atoms with van der Waals surface area (Å²) in [5, 5.41) is 4.16. The van der Waals surface area contributed by atoms with E-state index >= 15 is 0 Å². The van der Waals surface area contributed by atoms with Gasteiger partial charge in [0.05, 0.1) is 18.2 Å². The first-order chi connectivity index (χ1) is 7.04. The van der Waals surface area contributed by atoms with E-state index in [9.17, 15) is 4.79 Å². The zero-order chi connectivity index (χ0) is 11.4. The van der Waals surface area contributed by atoms with Gasteiger partial charge in [-0.15, -0.1) is 0 Å². The maximum absolute atomic E-state index is 11.7. The van der Waals surface area contributed by atoms with Crippen LogP contribution in [0, 0.1) is 5.92 Å². The Hall–Kier alpha value is -1.16. The van der Waals surface area contributed by atoms with Gasteiger partial charge >= 0.3 is 0 Å². The Morgan fingerprint density at radius 3 is 2.80 bits per heavy atom. The van der Waals surface area contributed by atoms with Crippen LogP contribution in [0.5, 0.6) is 0 Å². The van der Waals surface area contributed by atoms with Crippen LogP contribution < -0.4 is 5.73 Å². The van der Waals surface area contributed by atoms with Gasteiger partial charge in [-0.2, -0.15) is 5.10 Å². The van der Waals surface area contributed by atoms with E-state index in [1.54, 1.807) is 4.68 Å². The minimum atomic E-state index is -0.364. The average Bonchev–Trinajstić information content (AvgIpc) is 2.61. The average molecular weight is 209 g/mol. The summed E-state index contributed by atoms with van der Waals surface area (Å²) < 4.78 is 1.69. The highest BCUT2D eigenvalue weighted by atomic mass is 16.1. The summed E-state index contributed by atoms with van der Waals surface area (Å²) in [6.45, 7) is 4.04. The summed E-state index contributed by atoms with van der Waals surface area (Å²) in [5.41, 5.74) is 6.63. The van der Waals surface area contributed by atoms with E-state index in [2.05, 4.69) is 5.10 Å². The highest BCUT2D eigenvalue weighted by Gasteiger charge is 2.19. The minimum Gasteiger partial charge on any atom is -0.321 e. The van der Waals surface area contributed by atoms with Gasteiger partial charge < -0.3 is 5.73 Å². The standard InChI is InChI=1S/C11H19N3O/c1-4-8(2)11(12)10(15)7-9-5-6-14(3)13-9/h5-6,8,11H,4,7,12H2,1-3H3.